The van der Waals surface area contributed by atoms with Crippen LogP contribution in [0.2, 0.25) is 0 Å². The van der Waals surface area contributed by atoms with Gasteiger partial charge in [-0.25, -0.2) is 18.5 Å². The Hall–Kier alpha value is -2.42. The predicted molar refractivity (Wildman–Crippen MR) is 102 cm³/mol. The first-order chi connectivity index (χ1) is 12.4. The van der Waals surface area contributed by atoms with E-state index in [0.717, 1.165) is 37.4 Å². The van der Waals surface area contributed by atoms with Gasteiger partial charge in [0.05, 0.1) is 15.9 Å². The number of primary sulfonamides is 1. The molecule has 0 amide bonds. The van der Waals surface area contributed by atoms with Crippen LogP contribution < -0.4 is 10.0 Å². The second-order valence-electron chi connectivity index (χ2n) is 6.62. The maximum atomic E-state index is 11.5. The molecule has 4 rings (SSSR count). The Morgan fingerprint density at radius 3 is 2.27 bits per heavy atom. The van der Waals surface area contributed by atoms with Crippen molar-refractivity contribution >= 4 is 26.7 Å². The van der Waals surface area contributed by atoms with Gasteiger partial charge in [-0.05, 0) is 49.5 Å². The van der Waals surface area contributed by atoms with Gasteiger partial charge in [0.1, 0.15) is 6.33 Å². The molecule has 1 fully saturated rings. The number of rotatable bonds is 3. The molecule has 136 valence electrons. The third kappa shape index (κ3) is 3.18. The lowest BCUT2D eigenvalue weighted by Crippen LogP contribution is -2.44. The zero-order chi connectivity index (χ0) is 18.3. The van der Waals surface area contributed by atoms with Gasteiger partial charge < -0.3 is 9.80 Å². The van der Waals surface area contributed by atoms with Gasteiger partial charge >= 0.3 is 0 Å². The number of aromatic nitrogens is 2. The molecule has 1 aliphatic rings. The number of benzene rings is 2. The molecule has 0 spiro atoms. The van der Waals surface area contributed by atoms with Gasteiger partial charge in [-0.2, -0.15) is 0 Å². The molecule has 2 N–H and O–H groups in total. The van der Waals surface area contributed by atoms with Gasteiger partial charge in [0.25, 0.3) is 0 Å². The third-order valence-electron chi connectivity index (χ3n) is 4.84. The van der Waals surface area contributed by atoms with Crippen molar-refractivity contribution in [2.45, 2.75) is 4.90 Å². The quantitative estimate of drug-likeness (QED) is 0.753. The van der Waals surface area contributed by atoms with Crippen molar-refractivity contribution in [1.29, 1.82) is 0 Å². The Morgan fingerprint density at radius 1 is 0.962 bits per heavy atom. The zero-order valence-corrected chi connectivity index (χ0v) is 15.4. The summed E-state index contributed by atoms with van der Waals surface area (Å²) >= 11 is 0. The van der Waals surface area contributed by atoms with E-state index in [-0.39, 0.29) is 4.90 Å². The fourth-order valence-corrected chi connectivity index (χ4v) is 3.80. The van der Waals surface area contributed by atoms with Crippen LogP contribution in [0.3, 0.4) is 0 Å². The number of imidazole rings is 1. The van der Waals surface area contributed by atoms with Crippen LogP contribution in [-0.4, -0.2) is 56.1 Å². The van der Waals surface area contributed by atoms with Crippen molar-refractivity contribution in [1.82, 2.24) is 14.5 Å². The molecule has 3 aromatic rings. The molecule has 1 saturated heterocycles. The smallest absolute Gasteiger partial charge is 0.238 e. The monoisotopic (exact) mass is 371 g/mol. The predicted octanol–water partition coefficient (Wildman–Crippen LogP) is 1.42. The number of nitrogens with zero attached hydrogens (tertiary/aromatic N) is 4. The van der Waals surface area contributed by atoms with Crippen LogP contribution >= 0.6 is 0 Å². The van der Waals surface area contributed by atoms with E-state index in [2.05, 4.69) is 46.1 Å². The largest absolute Gasteiger partial charge is 0.369 e. The number of fused-ring (bicyclic) bond motifs is 1. The lowest BCUT2D eigenvalue weighted by atomic mass is 10.2. The van der Waals surface area contributed by atoms with Gasteiger partial charge in [-0.15, -0.1) is 0 Å². The van der Waals surface area contributed by atoms with Crippen LogP contribution in [0, 0.1) is 0 Å². The number of nitrogens with two attached hydrogens (primary N) is 1. The summed E-state index contributed by atoms with van der Waals surface area (Å²) in [4.78, 5) is 9.10. The minimum atomic E-state index is -3.73. The molecule has 26 heavy (non-hydrogen) atoms. The minimum Gasteiger partial charge on any atom is -0.369 e. The van der Waals surface area contributed by atoms with E-state index in [1.54, 1.807) is 12.4 Å². The molecule has 1 aromatic heterocycles. The van der Waals surface area contributed by atoms with E-state index < -0.39 is 10.0 Å². The highest BCUT2D eigenvalue weighted by molar-refractivity contribution is 7.89. The summed E-state index contributed by atoms with van der Waals surface area (Å²) in [6, 6.07) is 13.1. The van der Waals surface area contributed by atoms with Crippen molar-refractivity contribution < 1.29 is 8.42 Å². The molecule has 0 unspecified atom stereocenters. The van der Waals surface area contributed by atoms with Crippen LogP contribution in [0.4, 0.5) is 5.69 Å². The number of likely N-dealkylation sites (N-methyl/N-ethyl adjacent to an activating group) is 1. The number of sulfonamides is 1. The molecule has 0 saturated carbocycles. The first-order valence-corrected chi connectivity index (χ1v) is 10.0. The van der Waals surface area contributed by atoms with Crippen LogP contribution in [0.15, 0.2) is 53.7 Å². The second-order valence-corrected chi connectivity index (χ2v) is 8.18. The van der Waals surface area contributed by atoms with Gasteiger partial charge in [0, 0.05) is 37.6 Å². The summed E-state index contributed by atoms with van der Waals surface area (Å²) in [5.74, 6) is 0. The van der Waals surface area contributed by atoms with Gasteiger partial charge in [0.2, 0.25) is 10.0 Å². The van der Waals surface area contributed by atoms with Crippen molar-refractivity contribution in [3.63, 3.8) is 0 Å². The number of hydrogen-bond acceptors (Lipinski definition) is 5. The average molecular weight is 371 g/mol. The number of anilines is 1. The molecule has 8 heteroatoms. The van der Waals surface area contributed by atoms with Gasteiger partial charge in [0.15, 0.2) is 0 Å². The molecule has 0 aliphatic carbocycles. The number of hydrogen-bond donors (Lipinski definition) is 1. The molecule has 2 aromatic carbocycles. The van der Waals surface area contributed by atoms with Crippen molar-refractivity contribution in [2.24, 2.45) is 5.14 Å². The third-order valence-corrected chi connectivity index (χ3v) is 5.75. The molecule has 0 radical (unpaired) electrons. The summed E-state index contributed by atoms with van der Waals surface area (Å²) in [6.45, 7) is 4.20. The Labute approximate surface area is 152 Å². The summed E-state index contributed by atoms with van der Waals surface area (Å²) in [7, 11) is -1.59. The Balaban J connectivity index is 1.63. The van der Waals surface area contributed by atoms with E-state index in [1.807, 2.05) is 4.57 Å². The summed E-state index contributed by atoms with van der Waals surface area (Å²) < 4.78 is 24.9. The molecular formula is C18H21N5O2S. The average Bonchev–Trinajstić information content (AvgIpc) is 3.05. The van der Waals surface area contributed by atoms with E-state index >= 15 is 0 Å². The Morgan fingerprint density at radius 2 is 1.62 bits per heavy atom. The van der Waals surface area contributed by atoms with Crippen molar-refractivity contribution in [3.8, 4) is 5.69 Å². The molecule has 1 aliphatic heterocycles. The van der Waals surface area contributed by atoms with Gasteiger partial charge in [-0.1, -0.05) is 0 Å². The maximum absolute atomic E-state index is 11.5. The summed E-state index contributed by atoms with van der Waals surface area (Å²) in [5, 5.41) is 5.19. The lowest BCUT2D eigenvalue weighted by Gasteiger charge is -2.34. The number of piperazine rings is 1. The summed E-state index contributed by atoms with van der Waals surface area (Å²) in [6.07, 6.45) is 1.70. The summed E-state index contributed by atoms with van der Waals surface area (Å²) in [5.41, 5.74) is 3.63. The fraction of sp³-hybridized carbons (Fsp3) is 0.278. The van der Waals surface area contributed by atoms with Crippen LogP contribution in [-0.2, 0) is 10.0 Å². The van der Waals surface area contributed by atoms with Crippen molar-refractivity contribution in [3.05, 3.63) is 48.8 Å². The van der Waals surface area contributed by atoms with Crippen LogP contribution in [0.25, 0.3) is 16.7 Å². The highest BCUT2D eigenvalue weighted by Crippen LogP contribution is 2.23. The maximum Gasteiger partial charge on any atom is 0.238 e. The highest BCUT2D eigenvalue weighted by atomic mass is 32.2. The highest BCUT2D eigenvalue weighted by Gasteiger charge is 2.15. The normalized spacial score (nSPS) is 16.3. The van der Waals surface area contributed by atoms with E-state index in [0.29, 0.717) is 5.52 Å². The molecule has 0 bridgehead atoms. The standard InChI is InChI=1S/C18H21N5O2S/c1-21-8-10-22(11-9-21)14-2-4-15(5-3-14)23-13-20-17-12-16(26(19,24)25)6-7-18(17)23/h2-7,12-13H,8-11H2,1H3,(H2,19,24,25). The van der Waals surface area contributed by atoms with Gasteiger partial charge in [-0.3, -0.25) is 4.57 Å². The lowest BCUT2D eigenvalue weighted by molar-refractivity contribution is 0.313. The van der Waals surface area contributed by atoms with E-state index in [9.17, 15) is 8.42 Å². The van der Waals surface area contributed by atoms with Crippen LogP contribution in [0.5, 0.6) is 0 Å². The molecule has 7 nitrogen and oxygen atoms in total. The first-order valence-electron chi connectivity index (χ1n) is 8.46. The second kappa shape index (κ2) is 6.39. The topological polar surface area (TPSA) is 84.5 Å². The first kappa shape index (κ1) is 17.0. The van der Waals surface area contributed by atoms with E-state index in [4.69, 9.17) is 5.14 Å². The minimum absolute atomic E-state index is 0.0701. The SMILES string of the molecule is CN1CCN(c2ccc(-n3cnc4cc(S(N)(=O)=O)ccc43)cc2)CC1. The zero-order valence-electron chi connectivity index (χ0n) is 14.5. The fourth-order valence-electron chi connectivity index (χ4n) is 3.26. The Bertz CT molecular complexity index is 1040. The Kier molecular flexibility index (Phi) is 4.18. The molecule has 0 atom stereocenters. The van der Waals surface area contributed by atoms with E-state index in [1.165, 1.54) is 17.8 Å². The molecular weight excluding hydrogens is 350 g/mol. The van der Waals surface area contributed by atoms with Crippen molar-refractivity contribution in [2.75, 3.05) is 38.1 Å². The van der Waals surface area contributed by atoms with Crippen LogP contribution in [0.1, 0.15) is 0 Å². The molecule has 2 heterocycles.